The lowest BCUT2D eigenvalue weighted by atomic mass is 10.1. The first-order valence-corrected chi connectivity index (χ1v) is 13.0. The quantitative estimate of drug-likeness (QED) is 0.260. The molecule has 0 unspecified atom stereocenters. The summed E-state index contributed by atoms with van der Waals surface area (Å²) in [6, 6.07) is 10.7. The monoisotopic (exact) mass is 552 g/mol. The summed E-state index contributed by atoms with van der Waals surface area (Å²) in [5, 5.41) is 12.8. The van der Waals surface area contributed by atoms with E-state index in [-0.39, 0.29) is 12.2 Å². The zero-order valence-electron chi connectivity index (χ0n) is 23.2. The summed E-state index contributed by atoms with van der Waals surface area (Å²) < 4.78 is 12.5. The number of primary amides is 1. The van der Waals surface area contributed by atoms with Crippen molar-refractivity contribution < 1.29 is 33.8 Å². The molecule has 1 heterocycles. The van der Waals surface area contributed by atoms with Gasteiger partial charge in [0.15, 0.2) is 0 Å². The van der Waals surface area contributed by atoms with Crippen molar-refractivity contribution in [1.82, 2.24) is 9.88 Å². The van der Waals surface area contributed by atoms with Crippen molar-refractivity contribution in [2.45, 2.75) is 52.1 Å². The number of fused-ring (bicyclic) bond motifs is 1. The lowest BCUT2D eigenvalue weighted by Crippen LogP contribution is -2.51. The maximum absolute atomic E-state index is 14.1. The Morgan fingerprint density at radius 3 is 2.27 bits per heavy atom. The molecule has 4 N–H and O–H groups in total. The number of ether oxygens (including phenoxy) is 2. The van der Waals surface area contributed by atoms with Crippen LogP contribution in [0.1, 0.15) is 48.7 Å². The molecule has 0 radical (unpaired) electrons. The van der Waals surface area contributed by atoms with E-state index in [1.165, 1.54) is 23.7 Å². The number of unbranched alkanes of at least 4 members (excludes halogenated alkanes) is 2. The van der Waals surface area contributed by atoms with Gasteiger partial charge in [0.1, 0.15) is 35.5 Å². The Kier molecular flexibility index (Phi) is 10.1. The van der Waals surface area contributed by atoms with E-state index in [2.05, 4.69) is 5.32 Å². The summed E-state index contributed by atoms with van der Waals surface area (Å²) in [6.07, 6.45) is 1.92. The molecule has 3 aromatic rings. The number of rotatable bonds is 14. The number of carboxylic acids is 1. The molecular formula is C29H36N4O7. The number of aromatic nitrogens is 1. The topological polar surface area (TPSA) is 153 Å². The highest BCUT2D eigenvalue weighted by molar-refractivity contribution is 6.06. The molecule has 11 nitrogen and oxygen atoms in total. The molecule has 0 saturated heterocycles. The van der Waals surface area contributed by atoms with Gasteiger partial charge in [-0.1, -0.05) is 38.0 Å². The van der Waals surface area contributed by atoms with Gasteiger partial charge in [0.2, 0.25) is 11.8 Å². The predicted octanol–water partition coefficient (Wildman–Crippen LogP) is 3.25. The minimum absolute atomic E-state index is 0.0360. The minimum Gasteiger partial charge on any atom is -0.494 e. The number of amides is 3. The lowest BCUT2D eigenvalue weighted by Gasteiger charge is -2.30. The van der Waals surface area contributed by atoms with E-state index in [9.17, 15) is 24.3 Å². The molecule has 0 saturated carbocycles. The zero-order valence-corrected chi connectivity index (χ0v) is 23.2. The van der Waals surface area contributed by atoms with Crippen LogP contribution in [0.2, 0.25) is 0 Å². The maximum atomic E-state index is 14.1. The SMILES string of the molecule is CCCCCN(C(=O)[C@@H](CC(N)=O)NC(=O)c1cc2ccccc2n1CC(=O)O)c1c(OC)cc(C)cc1OC. The number of nitrogens with one attached hydrogen (secondary N) is 1. The summed E-state index contributed by atoms with van der Waals surface area (Å²) in [4.78, 5) is 52.7. The molecule has 0 aliphatic heterocycles. The van der Waals surface area contributed by atoms with Crippen molar-refractivity contribution >= 4 is 40.3 Å². The Labute approximate surface area is 232 Å². The molecule has 1 atom stereocenters. The molecule has 0 aliphatic carbocycles. The van der Waals surface area contributed by atoms with Gasteiger partial charge in [0.05, 0.1) is 20.6 Å². The van der Waals surface area contributed by atoms with Crippen LogP contribution < -0.4 is 25.4 Å². The highest BCUT2D eigenvalue weighted by Crippen LogP contribution is 2.40. The van der Waals surface area contributed by atoms with Gasteiger partial charge >= 0.3 is 5.97 Å². The molecule has 11 heteroatoms. The van der Waals surface area contributed by atoms with Crippen molar-refractivity contribution in [1.29, 1.82) is 0 Å². The number of methoxy groups -OCH3 is 2. The first-order chi connectivity index (χ1) is 19.1. The van der Waals surface area contributed by atoms with Gasteiger partial charge < -0.3 is 35.1 Å². The third-order valence-electron chi connectivity index (χ3n) is 6.49. The number of carboxylic acid groups (broad SMARTS) is 1. The van der Waals surface area contributed by atoms with Crippen LogP contribution in [-0.4, -0.2) is 60.2 Å². The van der Waals surface area contributed by atoms with Crippen molar-refractivity contribution in [2.75, 3.05) is 25.7 Å². The molecule has 2 aromatic carbocycles. The molecule has 0 spiro atoms. The van der Waals surface area contributed by atoms with Gasteiger partial charge in [0.25, 0.3) is 5.91 Å². The zero-order chi connectivity index (χ0) is 29.4. The third kappa shape index (κ3) is 6.90. The number of benzene rings is 2. The molecule has 0 aliphatic rings. The Morgan fingerprint density at radius 2 is 1.70 bits per heavy atom. The first-order valence-electron chi connectivity index (χ1n) is 13.0. The van der Waals surface area contributed by atoms with E-state index >= 15 is 0 Å². The second kappa shape index (κ2) is 13.5. The van der Waals surface area contributed by atoms with Crippen LogP contribution in [-0.2, 0) is 20.9 Å². The van der Waals surface area contributed by atoms with Crippen LogP contribution >= 0.6 is 0 Å². The Hall–Kier alpha value is -4.54. The fourth-order valence-corrected chi connectivity index (χ4v) is 4.67. The van der Waals surface area contributed by atoms with Crippen molar-refractivity contribution in [3.63, 3.8) is 0 Å². The normalized spacial score (nSPS) is 11.6. The molecule has 3 amide bonds. The van der Waals surface area contributed by atoms with Crippen LogP contribution in [0.15, 0.2) is 42.5 Å². The molecule has 3 rings (SSSR count). The Morgan fingerprint density at radius 1 is 1.05 bits per heavy atom. The van der Waals surface area contributed by atoms with Crippen LogP contribution in [0.3, 0.4) is 0 Å². The highest BCUT2D eigenvalue weighted by Gasteiger charge is 2.33. The Bertz CT molecular complexity index is 1370. The van der Waals surface area contributed by atoms with Gasteiger partial charge in [-0.25, -0.2) is 0 Å². The van der Waals surface area contributed by atoms with Gasteiger partial charge in [-0.05, 0) is 43.2 Å². The van der Waals surface area contributed by atoms with E-state index in [4.69, 9.17) is 15.2 Å². The number of carbonyl (C=O) groups excluding carboxylic acids is 3. The lowest BCUT2D eigenvalue weighted by molar-refractivity contribution is -0.137. The smallest absolute Gasteiger partial charge is 0.323 e. The number of hydrogen-bond donors (Lipinski definition) is 3. The van der Waals surface area contributed by atoms with E-state index < -0.39 is 42.7 Å². The summed E-state index contributed by atoms with van der Waals surface area (Å²) in [5.41, 5.74) is 7.31. The van der Waals surface area contributed by atoms with E-state index in [1.807, 2.05) is 13.8 Å². The average molecular weight is 553 g/mol. The van der Waals surface area contributed by atoms with Crippen molar-refractivity contribution in [2.24, 2.45) is 5.73 Å². The van der Waals surface area contributed by atoms with Gasteiger partial charge in [-0.3, -0.25) is 19.2 Å². The number of carbonyl (C=O) groups is 4. The Balaban J connectivity index is 2.06. The van der Waals surface area contributed by atoms with Crippen molar-refractivity contribution in [3.8, 4) is 11.5 Å². The van der Waals surface area contributed by atoms with Crippen LogP contribution in [0.5, 0.6) is 11.5 Å². The molecule has 0 fully saturated rings. The average Bonchev–Trinajstić information content (AvgIpc) is 3.27. The molecule has 1 aromatic heterocycles. The summed E-state index contributed by atoms with van der Waals surface area (Å²) in [7, 11) is 2.96. The maximum Gasteiger partial charge on any atom is 0.323 e. The number of aryl methyl sites for hydroxylation is 1. The number of hydrogen-bond acceptors (Lipinski definition) is 6. The number of nitrogens with two attached hydrogens (primary N) is 1. The molecule has 40 heavy (non-hydrogen) atoms. The number of nitrogens with zero attached hydrogens (tertiary/aromatic N) is 2. The molecule has 0 bridgehead atoms. The fourth-order valence-electron chi connectivity index (χ4n) is 4.67. The fraction of sp³-hybridized carbons (Fsp3) is 0.379. The van der Waals surface area contributed by atoms with Crippen molar-refractivity contribution in [3.05, 3.63) is 53.7 Å². The summed E-state index contributed by atoms with van der Waals surface area (Å²) >= 11 is 0. The van der Waals surface area contributed by atoms with Crippen LogP contribution in [0.25, 0.3) is 10.9 Å². The second-order valence-electron chi connectivity index (χ2n) is 9.48. The van der Waals surface area contributed by atoms with Gasteiger partial charge in [0, 0.05) is 17.4 Å². The molecular weight excluding hydrogens is 516 g/mol. The highest BCUT2D eigenvalue weighted by atomic mass is 16.5. The second-order valence-corrected chi connectivity index (χ2v) is 9.48. The first kappa shape index (κ1) is 30.0. The van der Waals surface area contributed by atoms with E-state index in [0.717, 1.165) is 18.4 Å². The van der Waals surface area contributed by atoms with E-state index in [1.54, 1.807) is 42.5 Å². The summed E-state index contributed by atoms with van der Waals surface area (Å²) in [6.45, 7) is 3.70. The largest absolute Gasteiger partial charge is 0.494 e. The predicted molar refractivity (Wildman–Crippen MR) is 151 cm³/mol. The molecule has 214 valence electrons. The van der Waals surface area contributed by atoms with Gasteiger partial charge in [-0.15, -0.1) is 0 Å². The van der Waals surface area contributed by atoms with Crippen LogP contribution in [0.4, 0.5) is 5.69 Å². The van der Waals surface area contributed by atoms with Gasteiger partial charge in [-0.2, -0.15) is 0 Å². The number of anilines is 1. The minimum atomic E-state index is -1.33. The standard InChI is InChI=1S/C29H36N4O7/c1-5-6-9-12-32(27-23(39-3)13-18(2)14-24(27)40-4)29(38)20(16-25(30)34)31-28(37)22-15-19-10-7-8-11-21(19)33(22)17-26(35)36/h7-8,10-11,13-15,20H,5-6,9,12,16-17H2,1-4H3,(H2,30,34)(H,31,37)(H,35,36)/t20-/m1/s1. The van der Waals surface area contributed by atoms with Crippen LogP contribution in [0, 0.1) is 6.92 Å². The number of aliphatic carboxylic acids is 1. The number of para-hydroxylation sites is 1. The third-order valence-corrected chi connectivity index (χ3v) is 6.49. The summed E-state index contributed by atoms with van der Waals surface area (Å²) in [5.74, 6) is -2.43. The van der Waals surface area contributed by atoms with E-state index in [0.29, 0.717) is 34.5 Å².